The smallest absolute Gasteiger partial charge is 0.422 e. The predicted octanol–water partition coefficient (Wildman–Crippen LogP) is 4.45. The molecule has 0 spiro atoms. The fourth-order valence-corrected chi connectivity index (χ4v) is 5.01. The monoisotopic (exact) mass is 552 g/mol. The van der Waals surface area contributed by atoms with Crippen LogP contribution in [-0.4, -0.2) is 66.1 Å². The number of amides is 4. The summed E-state index contributed by atoms with van der Waals surface area (Å²) >= 11 is 6.30. The van der Waals surface area contributed by atoms with Crippen LogP contribution >= 0.6 is 11.6 Å². The molecule has 1 saturated heterocycles. The van der Waals surface area contributed by atoms with E-state index in [1.807, 2.05) is 19.1 Å². The third-order valence-electron chi connectivity index (χ3n) is 6.83. The molecule has 2 aromatic carbocycles. The van der Waals surface area contributed by atoms with Gasteiger partial charge in [0, 0.05) is 43.8 Å². The zero-order valence-electron chi connectivity index (χ0n) is 20.7. The third-order valence-corrected chi connectivity index (χ3v) is 7.15. The van der Waals surface area contributed by atoms with Crippen molar-refractivity contribution in [3.05, 3.63) is 58.6 Å². The van der Waals surface area contributed by atoms with E-state index in [0.717, 1.165) is 5.56 Å². The van der Waals surface area contributed by atoms with Gasteiger partial charge in [0.2, 0.25) is 5.91 Å². The number of alkyl halides is 3. The van der Waals surface area contributed by atoms with Crippen LogP contribution in [-0.2, 0) is 11.3 Å². The number of primary amides is 1. The number of benzene rings is 2. The minimum atomic E-state index is -4.51. The highest BCUT2D eigenvalue weighted by molar-refractivity contribution is 6.34. The lowest BCUT2D eigenvalue weighted by molar-refractivity contribution is -0.153. The average molecular weight is 553 g/mol. The summed E-state index contributed by atoms with van der Waals surface area (Å²) in [5.74, 6) is -1.16. The van der Waals surface area contributed by atoms with Crippen LogP contribution in [0.15, 0.2) is 42.5 Å². The van der Waals surface area contributed by atoms with E-state index < -0.39 is 18.7 Å². The van der Waals surface area contributed by atoms with Crippen molar-refractivity contribution in [2.45, 2.75) is 38.5 Å². The fourth-order valence-electron chi connectivity index (χ4n) is 4.76. The summed E-state index contributed by atoms with van der Waals surface area (Å²) in [6.45, 7) is 1.64. The van der Waals surface area contributed by atoms with Crippen LogP contribution in [0.2, 0.25) is 5.02 Å². The number of carbonyl (C=O) groups excluding carboxylic acids is 3. The van der Waals surface area contributed by atoms with Crippen LogP contribution in [0.4, 0.5) is 23.7 Å². The van der Waals surface area contributed by atoms with E-state index in [2.05, 4.69) is 0 Å². The first-order valence-corrected chi connectivity index (χ1v) is 12.6. The van der Waals surface area contributed by atoms with Gasteiger partial charge in [0.1, 0.15) is 5.75 Å². The second-order valence-electron chi connectivity index (χ2n) is 9.51. The van der Waals surface area contributed by atoms with E-state index in [9.17, 15) is 27.6 Å². The van der Waals surface area contributed by atoms with Crippen molar-refractivity contribution in [1.82, 2.24) is 9.80 Å². The summed E-state index contributed by atoms with van der Waals surface area (Å²) in [6.07, 6.45) is -3.49. The van der Waals surface area contributed by atoms with E-state index in [4.69, 9.17) is 22.1 Å². The van der Waals surface area contributed by atoms with E-state index in [1.165, 1.54) is 23.1 Å². The Morgan fingerprint density at radius 2 is 1.79 bits per heavy atom. The summed E-state index contributed by atoms with van der Waals surface area (Å²) < 4.78 is 42.2. The first-order chi connectivity index (χ1) is 17.9. The van der Waals surface area contributed by atoms with Gasteiger partial charge in [-0.25, -0.2) is 4.79 Å². The minimum Gasteiger partial charge on any atom is -0.484 e. The van der Waals surface area contributed by atoms with Crippen LogP contribution in [0.1, 0.15) is 35.7 Å². The lowest BCUT2D eigenvalue weighted by Crippen LogP contribution is -2.52. The van der Waals surface area contributed by atoms with Gasteiger partial charge in [0.05, 0.1) is 10.6 Å². The van der Waals surface area contributed by atoms with Gasteiger partial charge in [-0.3, -0.25) is 9.59 Å². The molecule has 12 heteroatoms. The molecule has 0 aromatic heterocycles. The first kappa shape index (κ1) is 27.6. The van der Waals surface area contributed by atoms with Crippen LogP contribution in [0, 0.1) is 5.92 Å². The number of para-hydroxylation sites is 1. The Kier molecular flexibility index (Phi) is 8.05. The van der Waals surface area contributed by atoms with Gasteiger partial charge in [-0.15, -0.1) is 0 Å². The molecule has 38 heavy (non-hydrogen) atoms. The number of anilines is 1. The zero-order valence-corrected chi connectivity index (χ0v) is 21.5. The number of likely N-dealkylation sites (tertiary alicyclic amines) is 1. The molecule has 2 N–H and O–H groups in total. The number of nitrogens with zero attached hydrogens (tertiary/aromatic N) is 3. The summed E-state index contributed by atoms with van der Waals surface area (Å²) in [5.41, 5.74) is 6.88. The highest BCUT2D eigenvalue weighted by atomic mass is 35.5. The van der Waals surface area contributed by atoms with E-state index >= 15 is 0 Å². The molecule has 2 aliphatic heterocycles. The Balaban J connectivity index is 1.55. The number of rotatable bonds is 4. The summed E-state index contributed by atoms with van der Waals surface area (Å²) in [5, 5.41) is -0.0469. The van der Waals surface area contributed by atoms with Crippen molar-refractivity contribution < 1.29 is 32.3 Å². The Morgan fingerprint density at radius 1 is 1.11 bits per heavy atom. The standard InChI is InChI=1S/C26H28ClF3N4O4/c1-16-13-34(24(36)20-7-6-19(12-21(20)27)38-15-26(28,29)30)22-5-3-2-4-18(22)14-33(16)25(37)32-10-8-17(9-11-32)23(31)35/h2-7,12,16-17H,8-11,13-15H2,1H3,(H2,31,35)/t16-/m1/s1. The van der Waals surface area contributed by atoms with Crippen molar-refractivity contribution in [3.8, 4) is 5.75 Å². The number of piperidine rings is 1. The molecule has 2 heterocycles. The van der Waals surface area contributed by atoms with Gasteiger partial charge in [-0.1, -0.05) is 29.8 Å². The van der Waals surface area contributed by atoms with Crippen molar-refractivity contribution in [1.29, 1.82) is 0 Å². The molecule has 0 saturated carbocycles. The van der Waals surface area contributed by atoms with Crippen LogP contribution < -0.4 is 15.4 Å². The predicted molar refractivity (Wildman–Crippen MR) is 135 cm³/mol. The molecule has 0 aliphatic carbocycles. The highest BCUT2D eigenvalue weighted by Crippen LogP contribution is 2.32. The number of hydrogen-bond donors (Lipinski definition) is 1. The molecular formula is C26H28ClF3N4O4. The van der Waals surface area contributed by atoms with Crippen LogP contribution in [0.3, 0.4) is 0 Å². The fraction of sp³-hybridized carbons (Fsp3) is 0.423. The maximum atomic E-state index is 13.7. The largest absolute Gasteiger partial charge is 0.484 e. The molecule has 4 rings (SSSR count). The number of nitrogens with two attached hydrogens (primary N) is 1. The lowest BCUT2D eigenvalue weighted by Gasteiger charge is -2.37. The van der Waals surface area contributed by atoms with Crippen molar-refractivity contribution in [2.24, 2.45) is 11.7 Å². The number of hydrogen-bond acceptors (Lipinski definition) is 4. The third kappa shape index (κ3) is 6.15. The number of urea groups is 1. The molecule has 0 radical (unpaired) electrons. The average Bonchev–Trinajstić information content (AvgIpc) is 3.03. The zero-order chi connectivity index (χ0) is 27.6. The summed E-state index contributed by atoms with van der Waals surface area (Å²) in [4.78, 5) is 43.6. The number of fused-ring (bicyclic) bond motifs is 1. The number of halogens is 4. The number of ether oxygens (including phenoxy) is 1. The first-order valence-electron chi connectivity index (χ1n) is 12.2. The van der Waals surface area contributed by atoms with E-state index in [1.54, 1.807) is 21.9 Å². The molecular weight excluding hydrogens is 525 g/mol. The van der Waals surface area contributed by atoms with Gasteiger partial charge in [0.15, 0.2) is 6.61 Å². The van der Waals surface area contributed by atoms with Crippen molar-refractivity contribution in [2.75, 3.05) is 31.1 Å². The highest BCUT2D eigenvalue weighted by Gasteiger charge is 2.35. The Bertz CT molecular complexity index is 1220. The maximum Gasteiger partial charge on any atom is 0.422 e. The van der Waals surface area contributed by atoms with Gasteiger partial charge in [-0.05, 0) is 49.6 Å². The number of carbonyl (C=O) groups is 3. The molecule has 1 atom stereocenters. The second kappa shape index (κ2) is 11.1. The van der Waals surface area contributed by atoms with Crippen molar-refractivity contribution >= 4 is 35.1 Å². The second-order valence-corrected chi connectivity index (χ2v) is 9.92. The Labute approximate surface area is 223 Å². The molecule has 2 aromatic rings. The molecule has 204 valence electrons. The topological polar surface area (TPSA) is 96.2 Å². The van der Waals surface area contributed by atoms with Gasteiger partial charge in [-0.2, -0.15) is 13.2 Å². The van der Waals surface area contributed by atoms with Crippen LogP contribution in [0.5, 0.6) is 5.75 Å². The van der Waals surface area contributed by atoms with Crippen LogP contribution in [0.25, 0.3) is 0 Å². The molecule has 8 nitrogen and oxygen atoms in total. The normalized spacial score (nSPS) is 18.6. The lowest BCUT2D eigenvalue weighted by atomic mass is 9.96. The Morgan fingerprint density at radius 3 is 2.42 bits per heavy atom. The Hall–Kier alpha value is -3.47. The van der Waals surface area contributed by atoms with E-state index in [-0.39, 0.29) is 53.3 Å². The van der Waals surface area contributed by atoms with Gasteiger partial charge >= 0.3 is 12.2 Å². The van der Waals surface area contributed by atoms with Gasteiger partial charge < -0.3 is 25.2 Å². The summed E-state index contributed by atoms with van der Waals surface area (Å²) in [7, 11) is 0. The quantitative estimate of drug-likeness (QED) is 0.606. The molecule has 2 aliphatic rings. The SMILES string of the molecule is C[C@@H]1CN(C(=O)c2ccc(OCC(F)(F)F)cc2Cl)c2ccccc2CN1C(=O)N1CCC(C(N)=O)CC1. The molecule has 0 unspecified atom stereocenters. The van der Waals surface area contributed by atoms with E-state index in [0.29, 0.717) is 31.6 Å². The minimum absolute atomic E-state index is 0.0469. The molecule has 0 bridgehead atoms. The summed E-state index contributed by atoms with van der Waals surface area (Å²) in [6, 6.07) is 10.4. The molecule has 1 fully saturated rings. The van der Waals surface area contributed by atoms with Gasteiger partial charge in [0.25, 0.3) is 5.91 Å². The maximum absolute atomic E-state index is 13.7. The molecule has 4 amide bonds. The van der Waals surface area contributed by atoms with Crippen molar-refractivity contribution in [3.63, 3.8) is 0 Å².